The zero-order chi connectivity index (χ0) is 21.7. The average molecular weight is 409 g/mol. The number of halogens is 2. The summed E-state index contributed by atoms with van der Waals surface area (Å²) in [5, 5.41) is 0. The number of pyridine rings is 2. The third kappa shape index (κ3) is 4.92. The second kappa shape index (κ2) is 9.35. The maximum absolute atomic E-state index is 14.5. The number of aryl methyl sites for hydroxylation is 1. The average Bonchev–Trinajstić information content (AvgIpc) is 2.77. The number of carbonyl (C=O) groups excluding carboxylic acids is 2. The Balaban J connectivity index is 1.69. The van der Waals surface area contributed by atoms with Crippen molar-refractivity contribution in [2.45, 2.75) is 26.2 Å². The predicted molar refractivity (Wildman–Crippen MR) is 110 cm³/mol. The fraction of sp³-hybridized carbons (Fsp3) is 0.217. The van der Waals surface area contributed by atoms with Crippen LogP contribution in [0.5, 0.6) is 0 Å². The van der Waals surface area contributed by atoms with Gasteiger partial charge < -0.3 is 4.90 Å². The summed E-state index contributed by atoms with van der Waals surface area (Å²) in [5.41, 5.74) is 2.53. The van der Waals surface area contributed by atoms with Crippen LogP contribution in [-0.4, -0.2) is 28.7 Å². The highest BCUT2D eigenvalue weighted by atomic mass is 19.1. The Labute approximate surface area is 173 Å². The van der Waals surface area contributed by atoms with Crippen LogP contribution in [-0.2, 0) is 11.2 Å². The molecule has 0 saturated carbocycles. The molecule has 1 aromatic carbocycles. The van der Waals surface area contributed by atoms with Crippen molar-refractivity contribution in [1.82, 2.24) is 9.97 Å². The minimum absolute atomic E-state index is 0.146. The summed E-state index contributed by atoms with van der Waals surface area (Å²) in [5.74, 6) is -1.39. The van der Waals surface area contributed by atoms with Gasteiger partial charge in [-0.1, -0.05) is 25.1 Å². The van der Waals surface area contributed by atoms with Crippen molar-refractivity contribution < 1.29 is 18.4 Å². The Kier molecular flexibility index (Phi) is 6.61. The Morgan fingerprint density at radius 1 is 0.967 bits per heavy atom. The minimum Gasteiger partial charge on any atom is -0.313 e. The number of benzene rings is 1. The number of amides is 1. The first kappa shape index (κ1) is 21.2. The molecule has 0 spiro atoms. The van der Waals surface area contributed by atoms with Crippen LogP contribution in [0.15, 0.2) is 54.9 Å². The van der Waals surface area contributed by atoms with E-state index in [1.54, 1.807) is 37.3 Å². The van der Waals surface area contributed by atoms with E-state index in [2.05, 4.69) is 9.97 Å². The molecular formula is C23H21F2N3O2. The Hall–Kier alpha value is -3.48. The Morgan fingerprint density at radius 2 is 1.73 bits per heavy atom. The van der Waals surface area contributed by atoms with E-state index in [0.717, 1.165) is 5.56 Å². The zero-order valence-corrected chi connectivity index (χ0v) is 16.7. The molecule has 154 valence electrons. The number of carbonyl (C=O) groups is 2. The smallest absolute Gasteiger partial charge is 0.226 e. The molecule has 2 heterocycles. The highest BCUT2D eigenvalue weighted by Crippen LogP contribution is 2.26. The third-order valence-corrected chi connectivity index (χ3v) is 4.80. The van der Waals surface area contributed by atoms with Crippen LogP contribution in [0.1, 0.15) is 35.8 Å². The topological polar surface area (TPSA) is 63.2 Å². The maximum Gasteiger partial charge on any atom is 0.226 e. The largest absolute Gasteiger partial charge is 0.313 e. The summed E-state index contributed by atoms with van der Waals surface area (Å²) in [6.45, 7) is 1.72. The van der Waals surface area contributed by atoms with Gasteiger partial charge >= 0.3 is 0 Å². The van der Waals surface area contributed by atoms with E-state index >= 15 is 0 Å². The monoisotopic (exact) mass is 409 g/mol. The SMILES string of the molecule is CCC(=O)N(C)c1ccc(-c2ccc(C(=O)CCc3ccc(F)nc3)nc2)cc1F. The molecule has 0 fully saturated rings. The van der Waals surface area contributed by atoms with Crippen molar-refractivity contribution >= 4 is 17.4 Å². The van der Waals surface area contributed by atoms with Crippen LogP contribution in [0.25, 0.3) is 11.1 Å². The molecule has 0 aliphatic carbocycles. The fourth-order valence-corrected chi connectivity index (χ4v) is 3.00. The molecule has 1 amide bonds. The van der Waals surface area contributed by atoms with E-state index < -0.39 is 11.8 Å². The van der Waals surface area contributed by atoms with Gasteiger partial charge in [-0.25, -0.2) is 9.37 Å². The van der Waals surface area contributed by atoms with Gasteiger partial charge in [0.15, 0.2) is 5.78 Å². The van der Waals surface area contributed by atoms with Gasteiger partial charge in [-0.05, 0) is 41.8 Å². The Bertz CT molecular complexity index is 1050. The van der Waals surface area contributed by atoms with Crippen molar-refractivity contribution in [3.8, 4) is 11.1 Å². The molecular weight excluding hydrogens is 388 g/mol. The van der Waals surface area contributed by atoms with Crippen molar-refractivity contribution in [3.63, 3.8) is 0 Å². The summed E-state index contributed by atoms with van der Waals surface area (Å²) < 4.78 is 27.3. The van der Waals surface area contributed by atoms with Gasteiger partial charge in [0.1, 0.15) is 11.5 Å². The lowest BCUT2D eigenvalue weighted by molar-refractivity contribution is -0.118. The number of aromatic nitrogens is 2. The number of hydrogen-bond acceptors (Lipinski definition) is 4. The van der Waals surface area contributed by atoms with Crippen LogP contribution in [0.2, 0.25) is 0 Å². The molecule has 2 aromatic heterocycles. The molecule has 5 nitrogen and oxygen atoms in total. The van der Waals surface area contributed by atoms with E-state index in [-0.39, 0.29) is 30.2 Å². The minimum atomic E-state index is -0.560. The third-order valence-electron chi connectivity index (χ3n) is 4.80. The summed E-state index contributed by atoms with van der Waals surface area (Å²) >= 11 is 0. The molecule has 3 aromatic rings. The summed E-state index contributed by atoms with van der Waals surface area (Å²) in [7, 11) is 1.54. The molecule has 7 heteroatoms. The molecule has 0 aliphatic rings. The number of rotatable bonds is 7. The lowest BCUT2D eigenvalue weighted by Gasteiger charge is -2.17. The van der Waals surface area contributed by atoms with Crippen molar-refractivity contribution in [1.29, 1.82) is 0 Å². The van der Waals surface area contributed by atoms with E-state index in [4.69, 9.17) is 0 Å². The summed E-state index contributed by atoms with van der Waals surface area (Å²) in [4.78, 5) is 33.2. The lowest BCUT2D eigenvalue weighted by Crippen LogP contribution is -2.25. The quantitative estimate of drug-likeness (QED) is 0.422. The second-order valence-corrected chi connectivity index (χ2v) is 6.82. The molecule has 0 radical (unpaired) electrons. The van der Waals surface area contributed by atoms with Crippen LogP contribution >= 0.6 is 0 Å². The predicted octanol–water partition coefficient (Wildman–Crippen LogP) is 4.61. The van der Waals surface area contributed by atoms with E-state index in [1.165, 1.54) is 36.5 Å². The van der Waals surface area contributed by atoms with Gasteiger partial charge in [0.05, 0.1) is 5.69 Å². The molecule has 30 heavy (non-hydrogen) atoms. The lowest BCUT2D eigenvalue weighted by atomic mass is 10.0. The van der Waals surface area contributed by atoms with Gasteiger partial charge in [-0.3, -0.25) is 14.6 Å². The Morgan fingerprint density at radius 3 is 2.33 bits per heavy atom. The highest BCUT2D eigenvalue weighted by molar-refractivity contribution is 5.95. The van der Waals surface area contributed by atoms with E-state index in [9.17, 15) is 18.4 Å². The number of nitrogens with zero attached hydrogens (tertiary/aromatic N) is 3. The van der Waals surface area contributed by atoms with Gasteiger partial charge in [-0.15, -0.1) is 0 Å². The number of anilines is 1. The molecule has 3 rings (SSSR count). The molecule has 0 aliphatic heterocycles. The van der Waals surface area contributed by atoms with E-state index in [1.807, 2.05) is 0 Å². The molecule has 0 atom stereocenters. The van der Waals surface area contributed by atoms with Gasteiger partial charge in [0.2, 0.25) is 11.9 Å². The summed E-state index contributed by atoms with van der Waals surface area (Å²) in [6.07, 6.45) is 3.87. The standard InChI is InChI=1S/C23H21F2N3O2/c1-3-23(30)28(2)20-9-7-16(12-18(20)24)17-6-8-19(26-14-17)21(29)10-4-15-5-11-22(25)27-13-15/h5-9,11-14H,3-4,10H2,1-2H3. The first-order valence-electron chi connectivity index (χ1n) is 9.55. The first-order valence-corrected chi connectivity index (χ1v) is 9.55. The van der Waals surface area contributed by atoms with Crippen molar-refractivity contribution in [2.75, 3.05) is 11.9 Å². The normalized spacial score (nSPS) is 10.7. The van der Waals surface area contributed by atoms with Crippen molar-refractivity contribution in [3.05, 3.63) is 77.9 Å². The number of ketones is 1. The van der Waals surface area contributed by atoms with Gasteiger partial charge in [0.25, 0.3) is 0 Å². The van der Waals surface area contributed by atoms with Gasteiger partial charge in [-0.2, -0.15) is 4.39 Å². The molecule has 0 bridgehead atoms. The molecule has 0 unspecified atom stereocenters. The fourth-order valence-electron chi connectivity index (χ4n) is 3.00. The van der Waals surface area contributed by atoms with Gasteiger partial charge in [0, 0.05) is 37.8 Å². The van der Waals surface area contributed by atoms with Crippen LogP contribution in [0, 0.1) is 11.8 Å². The summed E-state index contributed by atoms with van der Waals surface area (Å²) in [6, 6.07) is 10.7. The van der Waals surface area contributed by atoms with Crippen LogP contribution < -0.4 is 4.90 Å². The van der Waals surface area contributed by atoms with Crippen LogP contribution in [0.4, 0.5) is 14.5 Å². The van der Waals surface area contributed by atoms with Crippen molar-refractivity contribution in [2.24, 2.45) is 0 Å². The number of hydrogen-bond donors (Lipinski definition) is 0. The molecule has 0 saturated heterocycles. The second-order valence-electron chi connectivity index (χ2n) is 6.82. The first-order chi connectivity index (χ1) is 14.4. The maximum atomic E-state index is 14.5. The van der Waals surface area contributed by atoms with Crippen LogP contribution in [0.3, 0.4) is 0 Å². The number of Topliss-reactive ketones (excluding diaryl/α,β-unsaturated/α-hetero) is 1. The zero-order valence-electron chi connectivity index (χ0n) is 16.7. The van der Waals surface area contributed by atoms with E-state index in [0.29, 0.717) is 23.2 Å². The molecule has 0 N–H and O–H groups in total. The highest BCUT2D eigenvalue weighted by Gasteiger charge is 2.15.